The standard InChI is InChI=1S/C15H18Cl2N2O2/c16-11-2-3-12(20)14(15(11)17)9-1-4-13(21)19(8-9)10-5-6-18-7-10/h2-3,9-10,18,20H,1,4-8H2. The van der Waals surface area contributed by atoms with Crippen LogP contribution in [0.3, 0.4) is 0 Å². The van der Waals surface area contributed by atoms with Gasteiger partial charge >= 0.3 is 0 Å². The van der Waals surface area contributed by atoms with E-state index in [9.17, 15) is 9.90 Å². The molecule has 2 aliphatic rings. The van der Waals surface area contributed by atoms with Gasteiger partial charge in [0.2, 0.25) is 5.91 Å². The van der Waals surface area contributed by atoms with Crippen molar-refractivity contribution in [2.24, 2.45) is 0 Å². The van der Waals surface area contributed by atoms with Crippen molar-refractivity contribution in [1.29, 1.82) is 0 Å². The van der Waals surface area contributed by atoms with Gasteiger partial charge in [0, 0.05) is 37.0 Å². The second-order valence-electron chi connectivity index (χ2n) is 5.72. The molecular weight excluding hydrogens is 311 g/mol. The van der Waals surface area contributed by atoms with Crippen molar-refractivity contribution < 1.29 is 9.90 Å². The number of hydrogen-bond acceptors (Lipinski definition) is 3. The number of likely N-dealkylation sites (tertiary alicyclic amines) is 1. The summed E-state index contributed by atoms with van der Waals surface area (Å²) in [5.41, 5.74) is 0.674. The Kier molecular flexibility index (Phi) is 4.29. The molecule has 2 heterocycles. The zero-order chi connectivity index (χ0) is 15.0. The average Bonchev–Trinajstić information content (AvgIpc) is 2.99. The number of rotatable bonds is 2. The molecule has 1 aromatic carbocycles. The minimum Gasteiger partial charge on any atom is -0.508 e. The second kappa shape index (κ2) is 6.03. The maximum Gasteiger partial charge on any atom is 0.222 e. The smallest absolute Gasteiger partial charge is 0.222 e. The lowest BCUT2D eigenvalue weighted by Crippen LogP contribution is -2.46. The van der Waals surface area contributed by atoms with Gasteiger partial charge in [0.15, 0.2) is 0 Å². The minimum absolute atomic E-state index is 0.0366. The third-order valence-corrected chi connectivity index (χ3v) is 5.26. The number of phenols is 1. The fraction of sp³-hybridized carbons (Fsp3) is 0.533. The molecule has 21 heavy (non-hydrogen) atoms. The largest absolute Gasteiger partial charge is 0.508 e. The summed E-state index contributed by atoms with van der Waals surface area (Å²) < 4.78 is 0. The van der Waals surface area contributed by atoms with E-state index in [1.54, 1.807) is 12.1 Å². The third kappa shape index (κ3) is 2.85. The summed E-state index contributed by atoms with van der Waals surface area (Å²) in [4.78, 5) is 14.1. The predicted molar refractivity (Wildman–Crippen MR) is 83.1 cm³/mol. The normalized spacial score (nSPS) is 26.4. The Morgan fingerprint density at radius 1 is 1.29 bits per heavy atom. The highest BCUT2D eigenvalue weighted by atomic mass is 35.5. The molecule has 0 radical (unpaired) electrons. The second-order valence-corrected chi connectivity index (χ2v) is 6.51. The highest BCUT2D eigenvalue weighted by Crippen LogP contribution is 2.41. The molecule has 2 aliphatic heterocycles. The molecule has 0 spiro atoms. The first-order valence-corrected chi connectivity index (χ1v) is 8.00. The molecule has 0 saturated carbocycles. The van der Waals surface area contributed by atoms with Crippen molar-refractivity contribution in [3.8, 4) is 5.75 Å². The van der Waals surface area contributed by atoms with Crippen LogP contribution >= 0.6 is 23.2 Å². The van der Waals surface area contributed by atoms with Crippen LogP contribution in [0.4, 0.5) is 0 Å². The lowest BCUT2D eigenvalue weighted by atomic mass is 9.88. The van der Waals surface area contributed by atoms with Crippen LogP contribution in [-0.2, 0) is 4.79 Å². The maximum atomic E-state index is 12.2. The van der Waals surface area contributed by atoms with E-state index in [0.717, 1.165) is 19.5 Å². The van der Waals surface area contributed by atoms with Crippen LogP contribution in [0.15, 0.2) is 12.1 Å². The summed E-state index contributed by atoms with van der Waals surface area (Å²) in [7, 11) is 0. The van der Waals surface area contributed by atoms with E-state index in [2.05, 4.69) is 5.32 Å². The Morgan fingerprint density at radius 2 is 2.10 bits per heavy atom. The zero-order valence-electron chi connectivity index (χ0n) is 11.6. The van der Waals surface area contributed by atoms with E-state index >= 15 is 0 Å². The van der Waals surface area contributed by atoms with Crippen molar-refractivity contribution in [2.45, 2.75) is 31.2 Å². The number of carbonyl (C=O) groups is 1. The predicted octanol–water partition coefficient (Wildman–Crippen LogP) is 2.77. The van der Waals surface area contributed by atoms with E-state index < -0.39 is 0 Å². The van der Waals surface area contributed by atoms with Gasteiger partial charge in [-0.05, 0) is 31.5 Å². The topological polar surface area (TPSA) is 52.6 Å². The van der Waals surface area contributed by atoms with Gasteiger partial charge in [-0.1, -0.05) is 23.2 Å². The van der Waals surface area contributed by atoms with Crippen molar-refractivity contribution in [2.75, 3.05) is 19.6 Å². The molecule has 2 fully saturated rings. The Morgan fingerprint density at radius 3 is 2.81 bits per heavy atom. The van der Waals surface area contributed by atoms with Gasteiger partial charge in [-0.2, -0.15) is 0 Å². The fourth-order valence-corrected chi connectivity index (χ4v) is 3.79. The number of amides is 1. The summed E-state index contributed by atoms with van der Waals surface area (Å²) in [6.45, 7) is 2.38. The van der Waals surface area contributed by atoms with Gasteiger partial charge in [-0.15, -0.1) is 0 Å². The average molecular weight is 329 g/mol. The molecule has 2 atom stereocenters. The molecule has 1 aromatic rings. The summed E-state index contributed by atoms with van der Waals surface area (Å²) in [6.07, 6.45) is 2.17. The van der Waals surface area contributed by atoms with Crippen LogP contribution in [0.2, 0.25) is 10.0 Å². The highest BCUT2D eigenvalue weighted by molar-refractivity contribution is 6.42. The first-order valence-electron chi connectivity index (χ1n) is 7.25. The van der Waals surface area contributed by atoms with Gasteiger partial charge in [-0.3, -0.25) is 4.79 Å². The molecule has 0 aliphatic carbocycles. The van der Waals surface area contributed by atoms with Gasteiger partial charge in [0.05, 0.1) is 10.0 Å². The lowest BCUT2D eigenvalue weighted by molar-refractivity contribution is -0.136. The molecule has 3 rings (SSSR count). The monoisotopic (exact) mass is 328 g/mol. The highest BCUT2D eigenvalue weighted by Gasteiger charge is 2.34. The molecule has 0 bridgehead atoms. The van der Waals surface area contributed by atoms with E-state index in [-0.39, 0.29) is 23.6 Å². The van der Waals surface area contributed by atoms with Crippen LogP contribution in [0.25, 0.3) is 0 Å². The fourth-order valence-electron chi connectivity index (χ4n) is 3.31. The summed E-state index contributed by atoms with van der Waals surface area (Å²) in [6, 6.07) is 3.41. The Bertz CT molecular complexity index is 559. The number of hydrogen-bond donors (Lipinski definition) is 2. The van der Waals surface area contributed by atoms with Gasteiger partial charge in [0.1, 0.15) is 5.75 Å². The summed E-state index contributed by atoms with van der Waals surface area (Å²) in [5, 5.41) is 14.3. The van der Waals surface area contributed by atoms with Crippen molar-refractivity contribution in [3.05, 3.63) is 27.7 Å². The van der Waals surface area contributed by atoms with E-state index in [4.69, 9.17) is 23.2 Å². The lowest BCUT2D eigenvalue weighted by Gasteiger charge is -2.37. The minimum atomic E-state index is 0.0366. The Balaban J connectivity index is 1.86. The van der Waals surface area contributed by atoms with E-state index in [1.807, 2.05) is 4.90 Å². The quantitative estimate of drug-likeness (QED) is 0.877. The maximum absolute atomic E-state index is 12.2. The number of piperidine rings is 1. The number of nitrogens with one attached hydrogen (secondary N) is 1. The number of phenolic OH excluding ortho intramolecular Hbond substituents is 1. The van der Waals surface area contributed by atoms with Crippen molar-refractivity contribution in [3.63, 3.8) is 0 Å². The van der Waals surface area contributed by atoms with E-state index in [0.29, 0.717) is 35.0 Å². The number of benzene rings is 1. The van der Waals surface area contributed by atoms with Gasteiger partial charge in [0.25, 0.3) is 0 Å². The van der Waals surface area contributed by atoms with Crippen molar-refractivity contribution in [1.82, 2.24) is 10.2 Å². The summed E-state index contributed by atoms with van der Waals surface area (Å²) in [5.74, 6) is 0.389. The molecule has 4 nitrogen and oxygen atoms in total. The third-order valence-electron chi connectivity index (χ3n) is 4.44. The number of halogens is 2. The summed E-state index contributed by atoms with van der Waals surface area (Å²) >= 11 is 12.3. The molecule has 1 amide bonds. The van der Waals surface area contributed by atoms with Crippen LogP contribution < -0.4 is 5.32 Å². The van der Waals surface area contributed by atoms with Gasteiger partial charge in [-0.25, -0.2) is 0 Å². The zero-order valence-corrected chi connectivity index (χ0v) is 13.1. The Hall–Kier alpha value is -0.970. The number of aromatic hydroxyl groups is 1. The first-order chi connectivity index (χ1) is 10.1. The van der Waals surface area contributed by atoms with Crippen LogP contribution in [0.5, 0.6) is 5.75 Å². The van der Waals surface area contributed by atoms with Gasteiger partial charge < -0.3 is 15.3 Å². The molecular formula is C15H18Cl2N2O2. The molecule has 6 heteroatoms. The Labute approximate surface area is 134 Å². The molecule has 0 aromatic heterocycles. The van der Waals surface area contributed by atoms with E-state index in [1.165, 1.54) is 0 Å². The van der Waals surface area contributed by atoms with Crippen LogP contribution in [0, 0.1) is 0 Å². The molecule has 114 valence electrons. The van der Waals surface area contributed by atoms with Crippen LogP contribution in [0.1, 0.15) is 30.7 Å². The van der Waals surface area contributed by atoms with Crippen molar-refractivity contribution >= 4 is 29.1 Å². The van der Waals surface area contributed by atoms with Crippen LogP contribution in [-0.4, -0.2) is 41.6 Å². The molecule has 2 N–H and O–H groups in total. The molecule has 2 unspecified atom stereocenters. The number of nitrogens with zero attached hydrogens (tertiary/aromatic N) is 1. The number of carbonyl (C=O) groups excluding carboxylic acids is 1. The molecule has 2 saturated heterocycles. The SMILES string of the molecule is O=C1CCC(c2c(O)ccc(Cl)c2Cl)CN1C1CCNC1. The first kappa shape index (κ1) is 14.9.